The van der Waals surface area contributed by atoms with Gasteiger partial charge in [0.1, 0.15) is 0 Å². The highest BCUT2D eigenvalue weighted by molar-refractivity contribution is 7.07. The number of likely N-dealkylation sites (tertiary alicyclic amines) is 1. The molecule has 0 spiro atoms. The molecule has 0 bridgehead atoms. The van der Waals surface area contributed by atoms with E-state index < -0.39 is 0 Å². The van der Waals surface area contributed by atoms with Crippen molar-refractivity contribution < 1.29 is 4.79 Å². The number of amides is 1. The first-order chi connectivity index (χ1) is 14.1. The predicted octanol–water partition coefficient (Wildman–Crippen LogP) is 2.69. The van der Waals surface area contributed by atoms with Gasteiger partial charge >= 0.3 is 0 Å². The summed E-state index contributed by atoms with van der Waals surface area (Å²) in [7, 11) is 4.17. The van der Waals surface area contributed by atoms with Gasteiger partial charge in [0.15, 0.2) is 5.69 Å². The molecule has 2 aromatic rings. The van der Waals surface area contributed by atoms with Crippen molar-refractivity contribution in [2.45, 2.75) is 51.1 Å². The van der Waals surface area contributed by atoms with Crippen LogP contribution in [-0.4, -0.2) is 64.8 Å². The second kappa shape index (κ2) is 9.41. The van der Waals surface area contributed by atoms with Gasteiger partial charge < -0.3 is 10.2 Å². The van der Waals surface area contributed by atoms with Gasteiger partial charge in [0.05, 0.1) is 0 Å². The molecule has 1 atom stereocenters. The number of fused-ring (bicyclic) bond motifs is 1. The number of likely N-dealkylation sites (N-methyl/N-ethyl adjacent to an activating group) is 1. The molecule has 1 amide bonds. The van der Waals surface area contributed by atoms with Crippen LogP contribution >= 0.6 is 11.3 Å². The third-order valence-corrected chi connectivity index (χ3v) is 7.17. The molecule has 0 saturated carbocycles. The smallest absolute Gasteiger partial charge is 0.272 e. The molecule has 29 heavy (non-hydrogen) atoms. The van der Waals surface area contributed by atoms with E-state index in [0.29, 0.717) is 18.3 Å². The van der Waals surface area contributed by atoms with Crippen LogP contribution in [0.5, 0.6) is 0 Å². The summed E-state index contributed by atoms with van der Waals surface area (Å²) >= 11 is 1.75. The molecule has 2 aliphatic rings. The molecule has 2 aromatic heterocycles. The van der Waals surface area contributed by atoms with E-state index in [1.807, 2.05) is 11.7 Å². The van der Waals surface area contributed by atoms with E-state index in [9.17, 15) is 4.79 Å². The van der Waals surface area contributed by atoms with E-state index >= 15 is 0 Å². The molecule has 1 saturated heterocycles. The normalized spacial score (nSPS) is 20.0. The molecule has 3 heterocycles. The van der Waals surface area contributed by atoms with Gasteiger partial charge in [0, 0.05) is 44.0 Å². The molecule has 4 rings (SSSR count). The van der Waals surface area contributed by atoms with E-state index in [0.717, 1.165) is 51.0 Å². The number of carbonyl (C=O) groups is 1. The van der Waals surface area contributed by atoms with Crippen LogP contribution < -0.4 is 5.32 Å². The van der Waals surface area contributed by atoms with Crippen LogP contribution in [0, 0.1) is 0 Å². The van der Waals surface area contributed by atoms with Crippen molar-refractivity contribution >= 4 is 17.2 Å². The number of nitrogens with zero attached hydrogens (tertiary/aromatic N) is 4. The number of rotatable bonds is 7. The number of hydrogen-bond acceptors (Lipinski definition) is 5. The van der Waals surface area contributed by atoms with Crippen molar-refractivity contribution in [3.05, 3.63) is 39.3 Å². The highest BCUT2D eigenvalue weighted by atomic mass is 32.1. The van der Waals surface area contributed by atoms with Crippen LogP contribution in [0.15, 0.2) is 16.8 Å². The standard InChI is InChI=1S/C22H33N5OS/c1-25(15-17-8-13-29-16-17)18-6-7-20-19(14-18)21(24-26(20)2)22(28)23-9-12-27-10-4-3-5-11-27/h8,13,16,18H,3-7,9-12,14-15H2,1-2H3,(H,23,28). The van der Waals surface area contributed by atoms with Gasteiger partial charge in [-0.1, -0.05) is 6.42 Å². The van der Waals surface area contributed by atoms with Gasteiger partial charge in [-0.2, -0.15) is 16.4 Å². The Hall–Kier alpha value is -1.70. The van der Waals surface area contributed by atoms with Crippen molar-refractivity contribution in [1.29, 1.82) is 0 Å². The van der Waals surface area contributed by atoms with Crippen molar-refractivity contribution in [3.8, 4) is 0 Å². The monoisotopic (exact) mass is 415 g/mol. The lowest BCUT2D eigenvalue weighted by Gasteiger charge is -2.31. The zero-order valence-electron chi connectivity index (χ0n) is 17.7. The maximum atomic E-state index is 12.9. The second-order valence-corrected chi connectivity index (χ2v) is 9.28. The Balaban J connectivity index is 1.37. The third-order valence-electron chi connectivity index (χ3n) is 6.44. The molecular weight excluding hydrogens is 382 g/mol. The van der Waals surface area contributed by atoms with E-state index in [2.05, 4.69) is 44.1 Å². The minimum absolute atomic E-state index is 0.0139. The summed E-state index contributed by atoms with van der Waals surface area (Å²) in [6.07, 6.45) is 6.90. The van der Waals surface area contributed by atoms with Crippen molar-refractivity contribution in [2.24, 2.45) is 7.05 Å². The molecular formula is C22H33N5OS. The minimum atomic E-state index is -0.0139. The molecule has 0 aromatic carbocycles. The van der Waals surface area contributed by atoms with E-state index in [-0.39, 0.29) is 5.91 Å². The Labute approximate surface area is 177 Å². The van der Waals surface area contributed by atoms with Crippen LogP contribution in [0.2, 0.25) is 0 Å². The first-order valence-electron chi connectivity index (χ1n) is 10.9. The van der Waals surface area contributed by atoms with E-state index in [1.54, 1.807) is 11.3 Å². The molecule has 6 nitrogen and oxygen atoms in total. The number of thiophene rings is 1. The number of nitrogens with one attached hydrogen (secondary N) is 1. The fourth-order valence-electron chi connectivity index (χ4n) is 4.72. The van der Waals surface area contributed by atoms with Crippen LogP contribution in [0.3, 0.4) is 0 Å². The lowest BCUT2D eigenvalue weighted by Crippen LogP contribution is -2.39. The minimum Gasteiger partial charge on any atom is -0.349 e. The average molecular weight is 416 g/mol. The van der Waals surface area contributed by atoms with Crippen LogP contribution in [0.4, 0.5) is 0 Å². The quantitative estimate of drug-likeness (QED) is 0.755. The van der Waals surface area contributed by atoms with Crippen molar-refractivity contribution in [3.63, 3.8) is 0 Å². The van der Waals surface area contributed by atoms with Crippen LogP contribution in [0.1, 0.15) is 53.0 Å². The highest BCUT2D eigenvalue weighted by Gasteiger charge is 2.30. The predicted molar refractivity (Wildman–Crippen MR) is 117 cm³/mol. The average Bonchev–Trinajstić information content (AvgIpc) is 3.36. The summed E-state index contributed by atoms with van der Waals surface area (Å²) in [4.78, 5) is 17.8. The number of aryl methyl sites for hydroxylation is 1. The number of carbonyl (C=O) groups excluding carboxylic acids is 1. The Morgan fingerprint density at radius 1 is 1.34 bits per heavy atom. The van der Waals surface area contributed by atoms with Gasteiger partial charge in [-0.05, 0) is 74.6 Å². The lowest BCUT2D eigenvalue weighted by molar-refractivity contribution is 0.0939. The Kier molecular flexibility index (Phi) is 6.67. The zero-order chi connectivity index (χ0) is 20.2. The largest absolute Gasteiger partial charge is 0.349 e. The summed E-state index contributed by atoms with van der Waals surface area (Å²) in [6.45, 7) is 4.92. The molecule has 1 aliphatic carbocycles. The maximum Gasteiger partial charge on any atom is 0.272 e. The summed E-state index contributed by atoms with van der Waals surface area (Å²) in [6, 6.07) is 2.65. The fraction of sp³-hybridized carbons (Fsp3) is 0.636. The Bertz CT molecular complexity index is 810. The highest BCUT2D eigenvalue weighted by Crippen LogP contribution is 2.27. The molecule has 7 heteroatoms. The van der Waals surface area contributed by atoms with Gasteiger partial charge in [-0.25, -0.2) is 0 Å². The first-order valence-corrected chi connectivity index (χ1v) is 11.8. The van der Waals surface area contributed by atoms with Crippen LogP contribution in [-0.2, 0) is 26.4 Å². The van der Waals surface area contributed by atoms with Crippen LogP contribution in [0.25, 0.3) is 0 Å². The maximum absolute atomic E-state index is 12.9. The molecule has 1 fully saturated rings. The van der Waals surface area contributed by atoms with Gasteiger partial charge in [-0.15, -0.1) is 0 Å². The second-order valence-electron chi connectivity index (χ2n) is 8.50. The lowest BCUT2D eigenvalue weighted by atomic mass is 9.90. The van der Waals surface area contributed by atoms with Gasteiger partial charge in [0.2, 0.25) is 0 Å². The van der Waals surface area contributed by atoms with E-state index in [4.69, 9.17) is 0 Å². The van der Waals surface area contributed by atoms with Crippen molar-refractivity contribution in [1.82, 2.24) is 24.9 Å². The summed E-state index contributed by atoms with van der Waals surface area (Å²) in [5.41, 5.74) is 4.38. The number of hydrogen-bond donors (Lipinski definition) is 1. The number of piperidine rings is 1. The number of aromatic nitrogens is 2. The third kappa shape index (κ3) is 4.90. The SMILES string of the molecule is CN(Cc1ccsc1)C1CCc2c(c(C(=O)NCCN3CCCCC3)nn2C)C1. The molecule has 158 valence electrons. The van der Waals surface area contributed by atoms with Gasteiger partial charge in [0.25, 0.3) is 5.91 Å². The van der Waals surface area contributed by atoms with E-state index in [1.165, 1.54) is 30.5 Å². The molecule has 1 aliphatic heterocycles. The summed E-state index contributed by atoms with van der Waals surface area (Å²) in [5.74, 6) is -0.0139. The van der Waals surface area contributed by atoms with Gasteiger partial charge in [-0.3, -0.25) is 14.4 Å². The Morgan fingerprint density at radius 2 is 2.17 bits per heavy atom. The molecule has 1 unspecified atom stereocenters. The Morgan fingerprint density at radius 3 is 2.93 bits per heavy atom. The fourth-order valence-corrected chi connectivity index (χ4v) is 5.38. The summed E-state index contributed by atoms with van der Waals surface area (Å²) < 4.78 is 1.92. The van der Waals surface area contributed by atoms with Crippen molar-refractivity contribution in [2.75, 3.05) is 33.2 Å². The zero-order valence-corrected chi connectivity index (χ0v) is 18.5. The summed E-state index contributed by atoms with van der Waals surface area (Å²) in [5, 5.41) is 12.1. The topological polar surface area (TPSA) is 53.4 Å². The first kappa shape index (κ1) is 20.6. The molecule has 0 radical (unpaired) electrons. The molecule has 1 N–H and O–H groups in total.